The average Bonchev–Trinajstić information content (AvgIpc) is 3.32. The lowest BCUT2D eigenvalue weighted by atomic mass is 10.7. The molecule has 0 unspecified atom stereocenters. The van der Waals surface area contributed by atoms with Gasteiger partial charge in [-0.15, -0.1) is 30.6 Å². The van der Waals surface area contributed by atoms with Crippen molar-refractivity contribution in [1.29, 1.82) is 0 Å². The van der Waals surface area contributed by atoms with E-state index in [0.717, 1.165) is 4.68 Å². The van der Waals surface area contributed by atoms with Gasteiger partial charge >= 0.3 is 0 Å². The molecule has 20 nitrogen and oxygen atoms in total. The zero-order chi connectivity index (χ0) is 21.3. The lowest BCUT2D eigenvalue weighted by Gasteiger charge is -2.06. The SMILES string of the molecule is [N-]=[N+]=Nc1nc(Nc2nnc(-n3nc(N=[N+]=[N-])nc3NCCO)nn2)n(CCO)n1. The van der Waals surface area contributed by atoms with Crippen LogP contribution in [0.2, 0.25) is 0 Å². The number of aliphatic hydroxyl groups excluding tert-OH is 2. The van der Waals surface area contributed by atoms with Gasteiger partial charge in [0.05, 0.1) is 19.8 Å². The van der Waals surface area contributed by atoms with Gasteiger partial charge in [0.1, 0.15) is 0 Å². The molecule has 0 aliphatic heterocycles. The number of hydrogen-bond donors (Lipinski definition) is 4. The van der Waals surface area contributed by atoms with Gasteiger partial charge in [0.25, 0.3) is 11.9 Å². The second kappa shape index (κ2) is 9.52. The van der Waals surface area contributed by atoms with Crippen molar-refractivity contribution in [2.75, 3.05) is 30.4 Å². The van der Waals surface area contributed by atoms with E-state index < -0.39 is 0 Å². The number of aromatic nitrogens is 10. The maximum atomic E-state index is 9.10. The minimum atomic E-state index is -0.243. The summed E-state index contributed by atoms with van der Waals surface area (Å²) in [6, 6.07) is 0. The normalized spacial score (nSPS) is 10.2. The maximum Gasteiger partial charge on any atom is 0.292 e. The van der Waals surface area contributed by atoms with Crippen molar-refractivity contribution in [1.82, 2.24) is 49.9 Å². The molecule has 3 aromatic heterocycles. The van der Waals surface area contributed by atoms with Crippen LogP contribution in [-0.4, -0.2) is 79.9 Å². The van der Waals surface area contributed by atoms with Crippen LogP contribution in [0.15, 0.2) is 10.2 Å². The lowest BCUT2D eigenvalue weighted by molar-refractivity contribution is 0.270. The van der Waals surface area contributed by atoms with Gasteiger partial charge in [0.2, 0.25) is 23.8 Å². The molecule has 0 spiro atoms. The molecule has 0 aromatic carbocycles. The first-order chi connectivity index (χ1) is 14.7. The largest absolute Gasteiger partial charge is 0.395 e. The van der Waals surface area contributed by atoms with Gasteiger partial charge < -0.3 is 15.5 Å². The Bertz CT molecular complexity index is 1090. The topological polar surface area (TPSA) is 275 Å². The Morgan fingerprint density at radius 3 is 2.20 bits per heavy atom. The molecule has 4 N–H and O–H groups in total. The molecule has 20 heteroatoms. The summed E-state index contributed by atoms with van der Waals surface area (Å²) >= 11 is 0. The first-order valence-corrected chi connectivity index (χ1v) is 8.01. The summed E-state index contributed by atoms with van der Waals surface area (Å²) in [5.41, 5.74) is 17.0. The van der Waals surface area contributed by atoms with Crippen molar-refractivity contribution in [2.45, 2.75) is 6.54 Å². The first-order valence-electron chi connectivity index (χ1n) is 8.01. The fraction of sp³-hybridized carbons (Fsp3) is 0.400. The highest BCUT2D eigenvalue weighted by Gasteiger charge is 2.15. The Labute approximate surface area is 164 Å². The summed E-state index contributed by atoms with van der Waals surface area (Å²) < 4.78 is 2.32. The zero-order valence-electron chi connectivity index (χ0n) is 14.9. The standard InChI is InChI=1S/C10H12N18O2/c11-25-19-6-16-9(27(23-6)2-4-30)14-5-17-21-10(22-18-5)28-8(13-1-3-29)15-7(24-28)20-26-12/h29-30H,1-4H2,(H,13,15,24)(H,14,16,17,18,23). The number of azide groups is 2. The molecule has 0 aliphatic rings. The molecular weight excluding hydrogens is 404 g/mol. The molecule has 0 atom stereocenters. The number of aliphatic hydroxyl groups is 2. The van der Waals surface area contributed by atoms with Gasteiger partial charge in [-0.05, 0) is 21.3 Å². The van der Waals surface area contributed by atoms with Crippen LogP contribution in [0.3, 0.4) is 0 Å². The second-order valence-corrected chi connectivity index (χ2v) is 5.01. The molecule has 0 aliphatic carbocycles. The van der Waals surface area contributed by atoms with E-state index in [4.69, 9.17) is 21.3 Å². The molecule has 0 radical (unpaired) electrons. The number of nitrogens with zero attached hydrogens (tertiary/aromatic N) is 16. The number of nitrogens with one attached hydrogen (secondary N) is 2. The summed E-state index contributed by atoms with van der Waals surface area (Å²) in [7, 11) is 0. The molecule has 0 fully saturated rings. The Morgan fingerprint density at radius 1 is 0.900 bits per heavy atom. The van der Waals surface area contributed by atoms with Gasteiger partial charge in [-0.25, -0.2) is 4.68 Å². The highest BCUT2D eigenvalue weighted by Crippen LogP contribution is 2.16. The van der Waals surface area contributed by atoms with Crippen LogP contribution >= 0.6 is 0 Å². The van der Waals surface area contributed by atoms with Crippen LogP contribution < -0.4 is 10.6 Å². The molecule has 154 valence electrons. The van der Waals surface area contributed by atoms with Gasteiger partial charge in [0.15, 0.2) is 0 Å². The predicted octanol–water partition coefficient (Wildman–Crippen LogP) is -0.538. The van der Waals surface area contributed by atoms with Gasteiger partial charge in [-0.1, -0.05) is 0 Å². The van der Waals surface area contributed by atoms with Crippen molar-refractivity contribution < 1.29 is 10.2 Å². The molecule has 30 heavy (non-hydrogen) atoms. The fourth-order valence-corrected chi connectivity index (χ4v) is 2.02. The van der Waals surface area contributed by atoms with Crippen LogP contribution in [0, 0.1) is 0 Å². The number of anilines is 3. The first kappa shape index (κ1) is 20.1. The van der Waals surface area contributed by atoms with Crippen molar-refractivity contribution >= 4 is 29.7 Å². The van der Waals surface area contributed by atoms with E-state index in [0.29, 0.717) is 0 Å². The summed E-state index contributed by atoms with van der Waals surface area (Å²) in [6.07, 6.45) is 0. The Hall–Kier alpha value is -4.64. The van der Waals surface area contributed by atoms with E-state index >= 15 is 0 Å². The lowest BCUT2D eigenvalue weighted by Crippen LogP contribution is -2.15. The third-order valence-corrected chi connectivity index (χ3v) is 3.11. The van der Waals surface area contributed by atoms with Gasteiger partial charge in [-0.2, -0.15) is 14.6 Å². The summed E-state index contributed by atoms with van der Waals surface area (Å²) in [5.74, 6) is -0.389. The number of rotatable bonds is 10. The van der Waals surface area contributed by atoms with Crippen LogP contribution in [0.5, 0.6) is 0 Å². The van der Waals surface area contributed by atoms with Crippen molar-refractivity contribution in [3.05, 3.63) is 20.9 Å². The highest BCUT2D eigenvalue weighted by atomic mass is 16.3. The van der Waals surface area contributed by atoms with E-state index in [1.807, 2.05) is 0 Å². The molecule has 3 aromatic rings. The quantitative estimate of drug-likeness (QED) is 0.184. The molecular formula is C10H12N18O2. The van der Waals surface area contributed by atoms with E-state index in [1.54, 1.807) is 0 Å². The summed E-state index contributed by atoms with van der Waals surface area (Å²) in [6.45, 7) is -0.219. The summed E-state index contributed by atoms with van der Waals surface area (Å²) in [5, 5.41) is 53.2. The highest BCUT2D eigenvalue weighted by molar-refractivity contribution is 5.44. The van der Waals surface area contributed by atoms with Gasteiger partial charge in [0, 0.05) is 16.4 Å². The fourth-order valence-electron chi connectivity index (χ4n) is 2.02. The Kier molecular flexibility index (Phi) is 6.38. The second-order valence-electron chi connectivity index (χ2n) is 5.01. The minimum absolute atomic E-state index is 0.0657. The van der Waals surface area contributed by atoms with Crippen LogP contribution in [0.25, 0.3) is 26.8 Å². The van der Waals surface area contributed by atoms with Crippen LogP contribution in [0.1, 0.15) is 0 Å². The molecule has 0 bridgehead atoms. The molecule has 3 rings (SSSR count). The summed E-state index contributed by atoms with van der Waals surface area (Å²) in [4.78, 5) is 13.1. The van der Waals surface area contributed by atoms with E-state index in [-0.39, 0.29) is 62.0 Å². The third-order valence-electron chi connectivity index (χ3n) is 3.11. The number of hydrogen-bond acceptors (Lipinski definition) is 14. The zero-order valence-corrected chi connectivity index (χ0v) is 14.9. The molecule has 0 amide bonds. The smallest absolute Gasteiger partial charge is 0.292 e. The predicted molar refractivity (Wildman–Crippen MR) is 96.1 cm³/mol. The molecule has 0 saturated carbocycles. The third kappa shape index (κ3) is 4.61. The van der Waals surface area contributed by atoms with Crippen LogP contribution in [-0.2, 0) is 6.54 Å². The van der Waals surface area contributed by atoms with Crippen molar-refractivity contribution in [3.63, 3.8) is 0 Å². The van der Waals surface area contributed by atoms with E-state index in [2.05, 4.69) is 71.2 Å². The van der Waals surface area contributed by atoms with Crippen LogP contribution in [0.4, 0.5) is 29.7 Å². The van der Waals surface area contributed by atoms with E-state index in [1.165, 1.54) is 4.68 Å². The minimum Gasteiger partial charge on any atom is -0.395 e. The maximum absolute atomic E-state index is 9.10. The Balaban J connectivity index is 1.85. The monoisotopic (exact) mass is 416 g/mol. The average molecular weight is 416 g/mol. The van der Waals surface area contributed by atoms with Crippen molar-refractivity contribution in [3.8, 4) is 5.95 Å². The van der Waals surface area contributed by atoms with Crippen molar-refractivity contribution in [2.24, 2.45) is 10.2 Å². The molecule has 0 saturated heterocycles. The van der Waals surface area contributed by atoms with E-state index in [9.17, 15) is 0 Å². The van der Waals surface area contributed by atoms with Gasteiger partial charge in [-0.3, -0.25) is 5.32 Å². The Morgan fingerprint density at radius 2 is 1.57 bits per heavy atom. The molecule has 3 heterocycles.